The number of nitrogens with one attached hydrogen (secondary N) is 1. The molecule has 5 aromatic rings. The number of benzene rings is 2. The lowest BCUT2D eigenvalue weighted by Crippen LogP contribution is -2.12. The number of thiophene rings is 1. The minimum atomic E-state index is -0.247. The second kappa shape index (κ2) is 7.76. The molecule has 1 N–H and O–H groups in total. The van der Waals surface area contributed by atoms with Crippen molar-refractivity contribution in [3.05, 3.63) is 90.3 Å². The number of para-hydroxylation sites is 1. The molecule has 0 saturated carbocycles. The van der Waals surface area contributed by atoms with Crippen molar-refractivity contribution >= 4 is 22.9 Å². The lowest BCUT2D eigenvalue weighted by molar-refractivity contribution is 0.102. The third kappa shape index (κ3) is 3.51. The summed E-state index contributed by atoms with van der Waals surface area (Å²) < 4.78 is 6.96. The van der Waals surface area contributed by atoms with Gasteiger partial charge >= 0.3 is 0 Å². The Kier molecular flexibility index (Phi) is 4.66. The number of anilines is 1. The Morgan fingerprint density at radius 1 is 1.03 bits per heavy atom. The summed E-state index contributed by atoms with van der Waals surface area (Å²) in [5, 5.41) is 17.2. The highest BCUT2D eigenvalue weighted by Gasteiger charge is 2.20. The monoisotopic (exact) mass is 413 g/mol. The van der Waals surface area contributed by atoms with Crippen LogP contribution in [0.1, 0.15) is 10.4 Å². The fourth-order valence-electron chi connectivity index (χ4n) is 3.08. The van der Waals surface area contributed by atoms with Gasteiger partial charge in [-0.15, -0.1) is 21.5 Å². The Hall–Kier alpha value is -4.04. The van der Waals surface area contributed by atoms with Gasteiger partial charge < -0.3 is 9.73 Å². The maximum absolute atomic E-state index is 13.2. The first-order valence-corrected chi connectivity index (χ1v) is 10.0. The van der Waals surface area contributed by atoms with Crippen LogP contribution >= 0.6 is 11.3 Å². The van der Waals surface area contributed by atoms with Gasteiger partial charge in [-0.3, -0.25) is 4.79 Å². The molecule has 0 aliphatic rings. The molecule has 0 saturated heterocycles. The quantitative estimate of drug-likeness (QED) is 0.443. The van der Waals surface area contributed by atoms with Crippen LogP contribution in [0.25, 0.3) is 27.7 Å². The minimum Gasteiger partial charge on any atom is -0.423 e. The van der Waals surface area contributed by atoms with Crippen LogP contribution in [0.5, 0.6) is 0 Å². The molecule has 2 aromatic carbocycles. The van der Waals surface area contributed by atoms with Crippen LogP contribution < -0.4 is 5.32 Å². The van der Waals surface area contributed by atoms with Crippen LogP contribution in [0, 0.1) is 0 Å². The van der Waals surface area contributed by atoms with E-state index in [0.29, 0.717) is 22.8 Å². The Morgan fingerprint density at radius 3 is 2.70 bits per heavy atom. The predicted molar refractivity (Wildman–Crippen MR) is 115 cm³/mol. The average molecular weight is 413 g/mol. The predicted octanol–water partition coefficient (Wildman–Crippen LogP) is 4.90. The molecule has 5 rings (SSSR count). The Labute approximate surface area is 175 Å². The zero-order valence-corrected chi connectivity index (χ0v) is 16.4. The third-order valence-electron chi connectivity index (χ3n) is 4.46. The van der Waals surface area contributed by atoms with E-state index in [1.165, 1.54) is 17.7 Å². The first-order chi connectivity index (χ1) is 14.8. The molecule has 7 nitrogen and oxygen atoms in total. The second-order valence-electron chi connectivity index (χ2n) is 6.43. The summed E-state index contributed by atoms with van der Waals surface area (Å²) in [5.41, 5.74) is 3.36. The van der Waals surface area contributed by atoms with Gasteiger partial charge in [0.15, 0.2) is 0 Å². The number of hydrogen-bond donors (Lipinski definition) is 1. The smallest absolute Gasteiger partial charge is 0.259 e. The zero-order valence-electron chi connectivity index (χ0n) is 15.6. The van der Waals surface area contributed by atoms with Crippen molar-refractivity contribution in [2.24, 2.45) is 0 Å². The SMILES string of the molecule is O=C(Nc1cccc(-c2nnco2)c1)c1cn(-c2ccccc2)nc1-c1cccs1. The van der Waals surface area contributed by atoms with Crippen molar-refractivity contribution in [1.29, 1.82) is 0 Å². The molecule has 3 aromatic heterocycles. The van der Waals surface area contributed by atoms with Crippen molar-refractivity contribution in [3.63, 3.8) is 0 Å². The highest BCUT2D eigenvalue weighted by molar-refractivity contribution is 7.13. The largest absolute Gasteiger partial charge is 0.423 e. The summed E-state index contributed by atoms with van der Waals surface area (Å²) in [7, 11) is 0. The molecule has 0 fully saturated rings. The van der Waals surface area contributed by atoms with Gasteiger partial charge in [-0.25, -0.2) is 4.68 Å². The van der Waals surface area contributed by atoms with Gasteiger partial charge in [0.05, 0.1) is 16.1 Å². The highest BCUT2D eigenvalue weighted by Crippen LogP contribution is 2.29. The van der Waals surface area contributed by atoms with Crippen molar-refractivity contribution < 1.29 is 9.21 Å². The average Bonchev–Trinajstić information content (AvgIpc) is 3.56. The number of hydrogen-bond acceptors (Lipinski definition) is 6. The molecule has 0 atom stereocenters. The minimum absolute atomic E-state index is 0.247. The number of aromatic nitrogens is 4. The Balaban J connectivity index is 1.50. The zero-order chi connectivity index (χ0) is 20.3. The van der Waals surface area contributed by atoms with E-state index in [9.17, 15) is 4.79 Å². The molecule has 0 aliphatic heterocycles. The van der Waals surface area contributed by atoms with Crippen molar-refractivity contribution in [1.82, 2.24) is 20.0 Å². The standard InChI is InChI=1S/C22H15N5O2S/c28-21(24-16-7-4-6-15(12-16)22-25-23-14-29-22)18-13-27(17-8-2-1-3-9-17)26-20(18)19-10-5-11-30-19/h1-14H,(H,24,28). The molecule has 3 heterocycles. The van der Waals surface area contributed by atoms with Gasteiger partial charge in [0.25, 0.3) is 5.91 Å². The van der Waals surface area contributed by atoms with Crippen LogP contribution in [0.4, 0.5) is 5.69 Å². The summed E-state index contributed by atoms with van der Waals surface area (Å²) in [6.07, 6.45) is 3.02. The van der Waals surface area contributed by atoms with Gasteiger partial charge in [0, 0.05) is 17.4 Å². The maximum Gasteiger partial charge on any atom is 0.259 e. The fourth-order valence-corrected chi connectivity index (χ4v) is 3.80. The maximum atomic E-state index is 13.2. The molecule has 146 valence electrons. The molecule has 8 heteroatoms. The first-order valence-electron chi connectivity index (χ1n) is 9.15. The van der Waals surface area contributed by atoms with Gasteiger partial charge in [0.2, 0.25) is 12.3 Å². The van der Waals surface area contributed by atoms with Gasteiger partial charge in [-0.1, -0.05) is 30.3 Å². The summed E-state index contributed by atoms with van der Waals surface area (Å²) in [5.74, 6) is 0.144. The molecule has 0 radical (unpaired) electrons. The topological polar surface area (TPSA) is 85.8 Å². The highest BCUT2D eigenvalue weighted by atomic mass is 32.1. The second-order valence-corrected chi connectivity index (χ2v) is 7.38. The van der Waals surface area contributed by atoms with Crippen LogP contribution in [0.3, 0.4) is 0 Å². The number of rotatable bonds is 5. The van der Waals surface area contributed by atoms with Crippen molar-refractivity contribution in [2.75, 3.05) is 5.32 Å². The van der Waals surface area contributed by atoms with E-state index < -0.39 is 0 Å². The summed E-state index contributed by atoms with van der Waals surface area (Å²) >= 11 is 1.54. The van der Waals surface area contributed by atoms with E-state index in [1.807, 2.05) is 66.0 Å². The fraction of sp³-hybridized carbons (Fsp3) is 0. The molecular weight excluding hydrogens is 398 g/mol. The summed E-state index contributed by atoms with van der Waals surface area (Å²) in [6, 6.07) is 20.9. The Morgan fingerprint density at radius 2 is 1.93 bits per heavy atom. The third-order valence-corrected chi connectivity index (χ3v) is 5.34. The number of amides is 1. The van der Waals surface area contributed by atoms with Gasteiger partial charge in [-0.05, 0) is 41.8 Å². The number of carbonyl (C=O) groups is 1. The summed E-state index contributed by atoms with van der Waals surface area (Å²) in [6.45, 7) is 0. The van der Waals surface area contributed by atoms with E-state index >= 15 is 0 Å². The molecule has 1 amide bonds. The van der Waals surface area contributed by atoms with Crippen LogP contribution in [-0.4, -0.2) is 25.9 Å². The van der Waals surface area contributed by atoms with E-state index in [2.05, 4.69) is 20.6 Å². The Bertz CT molecular complexity index is 1280. The van der Waals surface area contributed by atoms with E-state index in [4.69, 9.17) is 4.42 Å². The summed E-state index contributed by atoms with van der Waals surface area (Å²) in [4.78, 5) is 14.1. The van der Waals surface area contributed by atoms with E-state index in [1.54, 1.807) is 16.9 Å². The molecule has 0 aliphatic carbocycles. The molecular formula is C22H15N5O2S. The van der Waals surface area contributed by atoms with Crippen LogP contribution in [0.15, 0.2) is 89.1 Å². The number of nitrogens with zero attached hydrogens (tertiary/aromatic N) is 4. The van der Waals surface area contributed by atoms with Crippen molar-refractivity contribution in [3.8, 4) is 27.7 Å². The molecule has 0 spiro atoms. The first kappa shape index (κ1) is 18.0. The number of carbonyl (C=O) groups excluding carboxylic acids is 1. The van der Waals surface area contributed by atoms with Gasteiger partial charge in [0.1, 0.15) is 5.69 Å². The molecule has 0 bridgehead atoms. The lowest BCUT2D eigenvalue weighted by Gasteiger charge is -2.06. The van der Waals surface area contributed by atoms with E-state index in [0.717, 1.165) is 16.1 Å². The van der Waals surface area contributed by atoms with Crippen molar-refractivity contribution in [2.45, 2.75) is 0 Å². The molecule has 30 heavy (non-hydrogen) atoms. The van der Waals surface area contributed by atoms with Crippen LogP contribution in [-0.2, 0) is 0 Å². The van der Waals surface area contributed by atoms with Crippen LogP contribution in [0.2, 0.25) is 0 Å². The normalized spacial score (nSPS) is 10.8. The molecule has 0 unspecified atom stereocenters. The lowest BCUT2D eigenvalue weighted by atomic mass is 10.1. The van der Waals surface area contributed by atoms with Gasteiger partial charge in [-0.2, -0.15) is 5.10 Å². The van der Waals surface area contributed by atoms with E-state index in [-0.39, 0.29) is 5.91 Å².